The second-order valence-corrected chi connectivity index (χ2v) is 6.65. The van der Waals surface area contributed by atoms with Gasteiger partial charge in [-0.25, -0.2) is 4.85 Å². The molecule has 2 N–H and O–H groups in total. The van der Waals surface area contributed by atoms with Crippen molar-refractivity contribution in [3.8, 4) is 5.75 Å². The Morgan fingerprint density at radius 1 is 1.21 bits per heavy atom. The molecule has 0 amide bonds. The summed E-state index contributed by atoms with van der Waals surface area (Å²) in [6.45, 7) is 11.7. The van der Waals surface area contributed by atoms with Crippen LogP contribution in [0.15, 0.2) is 48.5 Å². The maximum atomic E-state index is 10.7. The van der Waals surface area contributed by atoms with Crippen LogP contribution in [0.25, 0.3) is 4.85 Å². The summed E-state index contributed by atoms with van der Waals surface area (Å²) in [6.07, 6.45) is 0.185. The number of aliphatic hydroxyl groups is 1. The first-order chi connectivity index (χ1) is 11.5. The number of aliphatic hydroxyl groups excluding tert-OH is 1. The molecule has 0 aromatic heterocycles. The molecule has 24 heavy (non-hydrogen) atoms. The van der Waals surface area contributed by atoms with E-state index in [0.717, 1.165) is 24.3 Å². The van der Waals surface area contributed by atoms with E-state index in [-0.39, 0.29) is 6.04 Å². The van der Waals surface area contributed by atoms with E-state index in [1.165, 1.54) is 5.56 Å². The summed E-state index contributed by atoms with van der Waals surface area (Å²) in [5.74, 6) is 0.731. The first-order valence-corrected chi connectivity index (χ1v) is 8.17. The molecule has 0 saturated heterocycles. The van der Waals surface area contributed by atoms with Crippen molar-refractivity contribution in [2.75, 3.05) is 6.54 Å². The van der Waals surface area contributed by atoms with E-state index in [2.05, 4.69) is 22.3 Å². The Morgan fingerprint density at radius 2 is 1.96 bits per heavy atom. The lowest BCUT2D eigenvalue weighted by molar-refractivity contribution is -0.0643. The van der Waals surface area contributed by atoms with Gasteiger partial charge in [0.1, 0.15) is 17.5 Å². The SMILES string of the molecule is [C-]#[N+]c1ccc2c(c1)[C@H](NCCc1ccccc1)[C@@H](O)C(C)(C)O2. The van der Waals surface area contributed by atoms with E-state index in [1.54, 1.807) is 12.1 Å². The molecule has 0 saturated carbocycles. The fraction of sp³-hybridized carbons (Fsp3) is 0.350. The molecule has 1 heterocycles. The molecule has 2 atom stereocenters. The summed E-state index contributed by atoms with van der Waals surface area (Å²) in [6, 6.07) is 15.4. The van der Waals surface area contributed by atoms with Crippen molar-refractivity contribution in [2.45, 2.75) is 38.0 Å². The van der Waals surface area contributed by atoms with Crippen LogP contribution in [0.2, 0.25) is 0 Å². The maximum absolute atomic E-state index is 10.7. The van der Waals surface area contributed by atoms with Crippen molar-refractivity contribution in [3.63, 3.8) is 0 Å². The second kappa shape index (κ2) is 6.64. The van der Waals surface area contributed by atoms with Crippen molar-refractivity contribution in [1.29, 1.82) is 0 Å². The van der Waals surface area contributed by atoms with E-state index in [0.29, 0.717) is 5.69 Å². The lowest BCUT2D eigenvalue weighted by Crippen LogP contribution is -2.52. The summed E-state index contributed by atoms with van der Waals surface area (Å²) in [4.78, 5) is 3.49. The topological polar surface area (TPSA) is 45.9 Å². The molecule has 4 heteroatoms. The number of benzene rings is 2. The van der Waals surface area contributed by atoms with Gasteiger partial charge in [-0.1, -0.05) is 36.4 Å². The Bertz CT molecular complexity index is 750. The third-order valence-electron chi connectivity index (χ3n) is 4.48. The van der Waals surface area contributed by atoms with Crippen LogP contribution >= 0.6 is 0 Å². The quantitative estimate of drug-likeness (QED) is 0.845. The number of nitrogens with one attached hydrogen (secondary N) is 1. The van der Waals surface area contributed by atoms with Crippen LogP contribution in [0.1, 0.15) is 31.0 Å². The molecule has 3 rings (SSSR count). The summed E-state index contributed by atoms with van der Waals surface area (Å²) < 4.78 is 5.93. The Morgan fingerprint density at radius 3 is 2.67 bits per heavy atom. The smallest absolute Gasteiger partial charge is 0.187 e. The minimum absolute atomic E-state index is 0.255. The van der Waals surface area contributed by atoms with Gasteiger partial charge in [-0.05, 0) is 44.5 Å². The highest BCUT2D eigenvalue weighted by molar-refractivity contribution is 5.54. The number of ether oxygens (including phenoxy) is 1. The standard InChI is InChI=1S/C20H22N2O2/c1-20(2)19(23)18(22-12-11-14-7-5-4-6-8-14)16-13-15(21-3)9-10-17(16)24-20/h4-10,13,18-19,22-23H,11-12H2,1-2H3/t18-,19+/m0/s1. The summed E-state index contributed by atoms with van der Waals surface area (Å²) in [5.41, 5.74) is 1.97. The van der Waals surface area contributed by atoms with Crippen LogP contribution in [0.5, 0.6) is 5.75 Å². The summed E-state index contributed by atoms with van der Waals surface area (Å²) >= 11 is 0. The van der Waals surface area contributed by atoms with Crippen molar-refractivity contribution in [2.24, 2.45) is 0 Å². The fourth-order valence-electron chi connectivity index (χ4n) is 3.09. The van der Waals surface area contributed by atoms with Crippen LogP contribution in [-0.2, 0) is 6.42 Å². The molecule has 1 aliphatic heterocycles. The zero-order valence-corrected chi connectivity index (χ0v) is 14.0. The van der Waals surface area contributed by atoms with Crippen LogP contribution < -0.4 is 10.1 Å². The highest BCUT2D eigenvalue weighted by atomic mass is 16.5. The Kier molecular flexibility index (Phi) is 4.57. The van der Waals surface area contributed by atoms with Crippen molar-refractivity contribution >= 4 is 5.69 Å². The number of hydrogen-bond acceptors (Lipinski definition) is 3. The van der Waals surface area contributed by atoms with Gasteiger partial charge >= 0.3 is 0 Å². The van der Waals surface area contributed by atoms with Gasteiger partial charge in [-0.3, -0.25) is 0 Å². The minimum Gasteiger partial charge on any atom is -0.485 e. The van der Waals surface area contributed by atoms with E-state index in [9.17, 15) is 5.11 Å². The largest absolute Gasteiger partial charge is 0.485 e. The van der Waals surface area contributed by atoms with Gasteiger partial charge in [0.2, 0.25) is 0 Å². The zero-order chi connectivity index (χ0) is 17.2. The molecular weight excluding hydrogens is 300 g/mol. The van der Waals surface area contributed by atoms with E-state index in [1.807, 2.05) is 38.1 Å². The maximum Gasteiger partial charge on any atom is 0.187 e. The molecule has 0 spiro atoms. The predicted octanol–water partition coefficient (Wildman–Crippen LogP) is 3.64. The first-order valence-electron chi connectivity index (χ1n) is 8.17. The van der Waals surface area contributed by atoms with Gasteiger partial charge in [0, 0.05) is 5.56 Å². The molecule has 4 nitrogen and oxygen atoms in total. The molecule has 124 valence electrons. The Hall–Kier alpha value is -2.35. The summed E-state index contributed by atoms with van der Waals surface area (Å²) in [7, 11) is 0. The molecule has 0 unspecified atom stereocenters. The van der Waals surface area contributed by atoms with Gasteiger partial charge in [-0.2, -0.15) is 0 Å². The predicted molar refractivity (Wildman–Crippen MR) is 94.3 cm³/mol. The first kappa shape index (κ1) is 16.5. The fourth-order valence-corrected chi connectivity index (χ4v) is 3.09. The normalized spacial score (nSPS) is 21.4. The van der Waals surface area contributed by atoms with E-state index >= 15 is 0 Å². The zero-order valence-electron chi connectivity index (χ0n) is 14.0. The van der Waals surface area contributed by atoms with Gasteiger partial charge in [-0.15, -0.1) is 0 Å². The lowest BCUT2D eigenvalue weighted by atomic mass is 9.86. The molecule has 2 aromatic carbocycles. The molecule has 0 bridgehead atoms. The Labute approximate surface area is 142 Å². The number of nitrogens with zero attached hydrogens (tertiary/aromatic N) is 1. The van der Waals surface area contributed by atoms with Crippen LogP contribution in [0, 0.1) is 6.57 Å². The van der Waals surface area contributed by atoms with Gasteiger partial charge < -0.3 is 15.2 Å². The van der Waals surface area contributed by atoms with Gasteiger partial charge in [0.05, 0.1) is 12.6 Å². The number of hydrogen-bond donors (Lipinski definition) is 2. The molecule has 0 fully saturated rings. The average molecular weight is 322 g/mol. The summed E-state index contributed by atoms with van der Waals surface area (Å²) in [5, 5.41) is 14.2. The average Bonchev–Trinajstić information content (AvgIpc) is 2.58. The number of fused-ring (bicyclic) bond motifs is 1. The van der Waals surface area contributed by atoms with Crippen molar-refractivity contribution in [3.05, 3.63) is 71.1 Å². The van der Waals surface area contributed by atoms with E-state index in [4.69, 9.17) is 11.3 Å². The number of rotatable bonds is 4. The molecule has 1 aliphatic rings. The molecular formula is C20H22N2O2. The highest BCUT2D eigenvalue weighted by Gasteiger charge is 2.42. The minimum atomic E-state index is -0.693. The Balaban J connectivity index is 1.81. The highest BCUT2D eigenvalue weighted by Crippen LogP contribution is 2.41. The lowest BCUT2D eigenvalue weighted by Gasteiger charge is -2.42. The second-order valence-electron chi connectivity index (χ2n) is 6.65. The molecule has 0 radical (unpaired) electrons. The van der Waals surface area contributed by atoms with Crippen LogP contribution in [-0.4, -0.2) is 23.4 Å². The van der Waals surface area contributed by atoms with Crippen LogP contribution in [0.3, 0.4) is 0 Å². The van der Waals surface area contributed by atoms with Crippen molar-refractivity contribution in [1.82, 2.24) is 5.32 Å². The monoisotopic (exact) mass is 322 g/mol. The molecule has 2 aromatic rings. The van der Waals surface area contributed by atoms with Crippen molar-refractivity contribution < 1.29 is 9.84 Å². The van der Waals surface area contributed by atoms with Gasteiger partial charge in [0.25, 0.3) is 0 Å². The third-order valence-corrected chi connectivity index (χ3v) is 4.48. The van der Waals surface area contributed by atoms with Crippen LogP contribution in [0.4, 0.5) is 5.69 Å². The van der Waals surface area contributed by atoms with Gasteiger partial charge in [0.15, 0.2) is 5.69 Å². The van der Waals surface area contributed by atoms with E-state index < -0.39 is 11.7 Å². The third kappa shape index (κ3) is 3.28. The molecule has 0 aliphatic carbocycles.